The summed E-state index contributed by atoms with van der Waals surface area (Å²) < 4.78 is 0. The number of hydrogen-bond acceptors (Lipinski definition) is 2. The van der Waals surface area contributed by atoms with Crippen LogP contribution in [-0.2, 0) is 5.60 Å². The van der Waals surface area contributed by atoms with Crippen molar-refractivity contribution in [3.63, 3.8) is 0 Å². The molecule has 0 aliphatic carbocycles. The molecule has 0 saturated carbocycles. The van der Waals surface area contributed by atoms with Crippen molar-refractivity contribution in [2.75, 3.05) is 13.1 Å². The number of benzene rings is 1. The smallest absolute Gasteiger partial charge is 0.253 e. The Bertz CT molecular complexity index is 428. The number of carbonyl (C=O) groups is 1. The Morgan fingerprint density at radius 2 is 1.89 bits per heavy atom. The minimum Gasteiger partial charge on any atom is -0.386 e. The van der Waals surface area contributed by atoms with Gasteiger partial charge in [-0.05, 0) is 50.8 Å². The predicted molar refractivity (Wildman–Crippen MR) is 71.4 cm³/mol. The first kappa shape index (κ1) is 13.1. The van der Waals surface area contributed by atoms with Crippen LogP contribution in [0.2, 0.25) is 0 Å². The summed E-state index contributed by atoms with van der Waals surface area (Å²) in [5, 5.41) is 9.98. The van der Waals surface area contributed by atoms with E-state index in [1.54, 1.807) is 19.9 Å². The van der Waals surface area contributed by atoms with Gasteiger partial charge < -0.3 is 10.0 Å². The molecule has 3 nitrogen and oxygen atoms in total. The molecule has 1 N–H and O–H groups in total. The second-order valence-electron chi connectivity index (χ2n) is 5.49. The molecule has 1 saturated heterocycles. The van der Waals surface area contributed by atoms with Crippen LogP contribution < -0.4 is 0 Å². The maximum atomic E-state index is 12.3. The number of hydrogen-bond donors (Lipinski definition) is 1. The van der Waals surface area contributed by atoms with Crippen LogP contribution in [0.1, 0.15) is 49.0 Å². The Hall–Kier alpha value is -1.35. The highest BCUT2D eigenvalue weighted by Crippen LogP contribution is 2.21. The molecule has 1 heterocycles. The lowest BCUT2D eigenvalue weighted by Gasteiger charge is -2.27. The molecule has 0 bridgehead atoms. The third kappa shape index (κ3) is 2.91. The largest absolute Gasteiger partial charge is 0.386 e. The molecule has 1 aliphatic rings. The van der Waals surface area contributed by atoms with E-state index < -0.39 is 5.60 Å². The highest BCUT2D eigenvalue weighted by atomic mass is 16.3. The second-order valence-corrected chi connectivity index (χ2v) is 5.49. The van der Waals surface area contributed by atoms with E-state index in [2.05, 4.69) is 0 Å². The van der Waals surface area contributed by atoms with Crippen LogP contribution >= 0.6 is 0 Å². The van der Waals surface area contributed by atoms with Gasteiger partial charge in [0.25, 0.3) is 5.91 Å². The van der Waals surface area contributed by atoms with Gasteiger partial charge in [0.05, 0.1) is 5.60 Å². The normalized spacial score (nSPS) is 16.7. The summed E-state index contributed by atoms with van der Waals surface area (Å²) in [7, 11) is 0. The molecule has 0 aromatic heterocycles. The standard InChI is InChI=1S/C15H21NO2/c1-15(2,18)13-8-6-7-12(11-13)14(17)16-9-4-3-5-10-16/h6-8,11,18H,3-5,9-10H2,1-2H3. The van der Waals surface area contributed by atoms with E-state index in [0.717, 1.165) is 31.5 Å². The Labute approximate surface area is 108 Å². The fraction of sp³-hybridized carbons (Fsp3) is 0.533. The minimum atomic E-state index is -0.905. The van der Waals surface area contributed by atoms with Crippen molar-refractivity contribution in [3.05, 3.63) is 35.4 Å². The molecule has 0 radical (unpaired) electrons. The van der Waals surface area contributed by atoms with Crippen LogP contribution in [0.15, 0.2) is 24.3 Å². The van der Waals surface area contributed by atoms with Gasteiger partial charge in [-0.15, -0.1) is 0 Å². The van der Waals surface area contributed by atoms with Crippen molar-refractivity contribution < 1.29 is 9.90 Å². The fourth-order valence-electron chi connectivity index (χ4n) is 2.31. The summed E-state index contributed by atoms with van der Waals surface area (Å²) in [5.74, 6) is 0.0841. The third-order valence-corrected chi connectivity index (χ3v) is 3.46. The highest BCUT2D eigenvalue weighted by Gasteiger charge is 2.21. The molecule has 1 aromatic carbocycles. The number of piperidine rings is 1. The van der Waals surface area contributed by atoms with Gasteiger partial charge in [0, 0.05) is 18.7 Å². The van der Waals surface area contributed by atoms with Crippen LogP contribution in [0.3, 0.4) is 0 Å². The van der Waals surface area contributed by atoms with E-state index in [-0.39, 0.29) is 5.91 Å². The molecule has 3 heteroatoms. The number of rotatable bonds is 2. The van der Waals surface area contributed by atoms with E-state index >= 15 is 0 Å². The Morgan fingerprint density at radius 3 is 2.50 bits per heavy atom. The molecule has 18 heavy (non-hydrogen) atoms. The molecule has 98 valence electrons. The molecule has 1 aromatic rings. The second kappa shape index (κ2) is 5.11. The monoisotopic (exact) mass is 247 g/mol. The maximum absolute atomic E-state index is 12.3. The maximum Gasteiger partial charge on any atom is 0.253 e. The summed E-state index contributed by atoms with van der Waals surface area (Å²) >= 11 is 0. The van der Waals surface area contributed by atoms with Crippen molar-refractivity contribution in [2.45, 2.75) is 38.7 Å². The van der Waals surface area contributed by atoms with Gasteiger partial charge in [-0.1, -0.05) is 12.1 Å². The third-order valence-electron chi connectivity index (χ3n) is 3.46. The van der Waals surface area contributed by atoms with E-state index in [1.165, 1.54) is 6.42 Å². The molecule has 1 aliphatic heterocycles. The van der Waals surface area contributed by atoms with Crippen molar-refractivity contribution in [1.82, 2.24) is 4.90 Å². The van der Waals surface area contributed by atoms with Crippen LogP contribution in [0.4, 0.5) is 0 Å². The lowest BCUT2D eigenvalue weighted by Crippen LogP contribution is -2.35. The summed E-state index contributed by atoms with van der Waals surface area (Å²) in [6, 6.07) is 7.32. The van der Waals surface area contributed by atoms with Crippen LogP contribution in [-0.4, -0.2) is 29.0 Å². The Morgan fingerprint density at radius 1 is 1.22 bits per heavy atom. The molecule has 0 atom stereocenters. The first-order valence-corrected chi connectivity index (χ1v) is 6.61. The van der Waals surface area contributed by atoms with Crippen molar-refractivity contribution in [2.24, 2.45) is 0 Å². The van der Waals surface area contributed by atoms with E-state index in [1.807, 2.05) is 23.1 Å². The highest BCUT2D eigenvalue weighted by molar-refractivity contribution is 5.94. The summed E-state index contributed by atoms with van der Waals surface area (Å²) in [6.07, 6.45) is 3.40. The van der Waals surface area contributed by atoms with E-state index in [4.69, 9.17) is 0 Å². The number of amides is 1. The average Bonchev–Trinajstić information content (AvgIpc) is 2.38. The first-order valence-electron chi connectivity index (χ1n) is 6.61. The zero-order valence-corrected chi connectivity index (χ0v) is 11.1. The number of likely N-dealkylation sites (tertiary alicyclic amines) is 1. The minimum absolute atomic E-state index is 0.0841. The Balaban J connectivity index is 2.20. The molecule has 1 amide bonds. The number of aliphatic hydroxyl groups is 1. The van der Waals surface area contributed by atoms with Gasteiger partial charge in [-0.3, -0.25) is 4.79 Å². The zero-order chi connectivity index (χ0) is 13.2. The van der Waals surface area contributed by atoms with Gasteiger partial charge in [0.2, 0.25) is 0 Å². The quantitative estimate of drug-likeness (QED) is 0.872. The molecule has 0 spiro atoms. The number of nitrogens with zero attached hydrogens (tertiary/aromatic N) is 1. The SMILES string of the molecule is CC(C)(O)c1cccc(C(=O)N2CCCCC2)c1. The molecule has 0 unspecified atom stereocenters. The fourth-order valence-corrected chi connectivity index (χ4v) is 2.31. The van der Waals surface area contributed by atoms with Gasteiger partial charge in [-0.25, -0.2) is 0 Å². The van der Waals surface area contributed by atoms with Crippen molar-refractivity contribution in [3.8, 4) is 0 Å². The van der Waals surface area contributed by atoms with Gasteiger partial charge in [0.1, 0.15) is 0 Å². The zero-order valence-electron chi connectivity index (χ0n) is 11.1. The molecular formula is C15H21NO2. The topological polar surface area (TPSA) is 40.5 Å². The van der Waals surface area contributed by atoms with E-state index in [0.29, 0.717) is 5.56 Å². The summed E-state index contributed by atoms with van der Waals surface area (Å²) in [5.41, 5.74) is 0.556. The Kier molecular flexibility index (Phi) is 3.71. The van der Waals surface area contributed by atoms with Crippen molar-refractivity contribution in [1.29, 1.82) is 0 Å². The van der Waals surface area contributed by atoms with Crippen molar-refractivity contribution >= 4 is 5.91 Å². The predicted octanol–water partition coefficient (Wildman–Crippen LogP) is 2.54. The summed E-state index contributed by atoms with van der Waals surface area (Å²) in [4.78, 5) is 14.2. The first-order chi connectivity index (χ1) is 8.48. The molecule has 1 fully saturated rings. The lowest BCUT2D eigenvalue weighted by atomic mass is 9.96. The molecular weight excluding hydrogens is 226 g/mol. The van der Waals surface area contributed by atoms with Gasteiger partial charge in [-0.2, -0.15) is 0 Å². The van der Waals surface area contributed by atoms with Crippen LogP contribution in [0, 0.1) is 0 Å². The summed E-state index contributed by atoms with van der Waals surface area (Å²) in [6.45, 7) is 5.17. The molecule has 2 rings (SSSR count). The number of carbonyl (C=O) groups excluding carboxylic acids is 1. The van der Waals surface area contributed by atoms with E-state index in [9.17, 15) is 9.90 Å². The van der Waals surface area contributed by atoms with Gasteiger partial charge in [0.15, 0.2) is 0 Å². The van der Waals surface area contributed by atoms with Crippen LogP contribution in [0.5, 0.6) is 0 Å². The lowest BCUT2D eigenvalue weighted by molar-refractivity contribution is 0.0718. The average molecular weight is 247 g/mol. The van der Waals surface area contributed by atoms with Crippen LogP contribution in [0.25, 0.3) is 0 Å². The van der Waals surface area contributed by atoms with Gasteiger partial charge >= 0.3 is 0 Å².